The summed E-state index contributed by atoms with van der Waals surface area (Å²) in [6.45, 7) is 0. The Balaban J connectivity index is 1.88. The van der Waals surface area contributed by atoms with Crippen molar-refractivity contribution in [3.05, 3.63) is 89.2 Å². The molecule has 0 unspecified atom stereocenters. The minimum atomic E-state index is -4.64. The average molecular weight is 365 g/mol. The summed E-state index contributed by atoms with van der Waals surface area (Å²) in [5.41, 5.74) is -1.43. The van der Waals surface area contributed by atoms with Gasteiger partial charge in [-0.05, 0) is 29.8 Å². The molecular formula is C19H12F5NO. The summed E-state index contributed by atoms with van der Waals surface area (Å²) >= 11 is 0. The van der Waals surface area contributed by atoms with Crippen LogP contribution in [0.4, 0.5) is 22.0 Å². The summed E-state index contributed by atoms with van der Waals surface area (Å²) in [6, 6.07) is 9.33. The molecular weight excluding hydrogens is 353 g/mol. The van der Waals surface area contributed by atoms with Crippen molar-refractivity contribution in [1.29, 1.82) is 0 Å². The fourth-order valence-corrected chi connectivity index (χ4v) is 2.67. The zero-order valence-electron chi connectivity index (χ0n) is 13.2. The summed E-state index contributed by atoms with van der Waals surface area (Å²) in [7, 11) is 0. The summed E-state index contributed by atoms with van der Waals surface area (Å²) in [5.74, 6) is -2.31. The van der Waals surface area contributed by atoms with Crippen molar-refractivity contribution in [2.24, 2.45) is 0 Å². The highest BCUT2D eigenvalue weighted by molar-refractivity contribution is 5.99. The molecule has 3 rings (SSSR count). The maximum absolute atomic E-state index is 13.8. The zero-order valence-corrected chi connectivity index (χ0v) is 13.2. The molecule has 1 aromatic heterocycles. The number of halogens is 5. The van der Waals surface area contributed by atoms with Crippen molar-refractivity contribution >= 4 is 5.78 Å². The van der Waals surface area contributed by atoms with E-state index in [1.54, 1.807) is 0 Å². The predicted molar refractivity (Wildman–Crippen MR) is 85.2 cm³/mol. The number of alkyl halides is 3. The van der Waals surface area contributed by atoms with Crippen molar-refractivity contribution in [3.63, 3.8) is 0 Å². The summed E-state index contributed by atoms with van der Waals surface area (Å²) in [6.07, 6.45) is -2.31. The van der Waals surface area contributed by atoms with E-state index in [9.17, 15) is 26.7 Å². The Labute approximate surface area is 145 Å². The fraction of sp³-hybridized carbons (Fsp3) is 0.105. The second-order valence-electron chi connectivity index (χ2n) is 5.64. The Morgan fingerprint density at radius 2 is 1.58 bits per heavy atom. The smallest absolute Gasteiger partial charge is 0.319 e. The van der Waals surface area contributed by atoms with Gasteiger partial charge in [0.05, 0.1) is 5.56 Å². The van der Waals surface area contributed by atoms with E-state index in [1.165, 1.54) is 36.7 Å². The van der Waals surface area contributed by atoms with E-state index >= 15 is 0 Å². The molecule has 0 aliphatic rings. The quantitative estimate of drug-likeness (QED) is 0.460. The van der Waals surface area contributed by atoms with Crippen LogP contribution in [0.3, 0.4) is 0 Å². The highest BCUT2D eigenvalue weighted by Crippen LogP contribution is 2.32. The lowest BCUT2D eigenvalue weighted by Crippen LogP contribution is -2.14. The topological polar surface area (TPSA) is 22.0 Å². The fourth-order valence-electron chi connectivity index (χ4n) is 2.67. The van der Waals surface area contributed by atoms with E-state index < -0.39 is 34.7 Å². The number of hydrogen-bond donors (Lipinski definition) is 0. The van der Waals surface area contributed by atoms with E-state index in [2.05, 4.69) is 0 Å². The van der Waals surface area contributed by atoms with Gasteiger partial charge in [0.2, 0.25) is 0 Å². The number of para-hydroxylation sites is 1. The Bertz CT molecular complexity index is 938. The number of nitrogens with zero attached hydrogens (tertiary/aromatic N) is 1. The van der Waals surface area contributed by atoms with Gasteiger partial charge in [-0.3, -0.25) is 4.79 Å². The number of Topliss-reactive ketones (excluding diaryl/α,β-unsaturated/α-hetero) is 1. The van der Waals surface area contributed by atoms with Gasteiger partial charge in [0.25, 0.3) is 0 Å². The molecule has 2 nitrogen and oxygen atoms in total. The van der Waals surface area contributed by atoms with E-state index in [-0.39, 0.29) is 12.1 Å². The number of rotatable bonds is 4. The number of carbonyl (C=O) groups is 1. The van der Waals surface area contributed by atoms with Crippen LogP contribution in [0.15, 0.2) is 60.9 Å². The molecule has 7 heteroatoms. The van der Waals surface area contributed by atoms with Gasteiger partial charge in [-0.15, -0.1) is 0 Å². The largest absolute Gasteiger partial charge is 0.417 e. The van der Waals surface area contributed by atoms with E-state index in [0.717, 1.165) is 28.8 Å². The van der Waals surface area contributed by atoms with Gasteiger partial charge in [-0.1, -0.05) is 24.3 Å². The number of benzene rings is 2. The molecule has 3 aromatic rings. The standard InChI is InChI=1S/C19H12F5NO/c20-15-6-3-7-16(21)18(15)25-9-8-12(11-25)10-17(26)13-4-1-2-5-14(13)19(22,23)24/h1-9,11H,10H2. The number of ketones is 1. The predicted octanol–water partition coefficient (Wildman–Crippen LogP) is 5.20. The van der Waals surface area contributed by atoms with Crippen molar-refractivity contribution in [2.45, 2.75) is 12.6 Å². The summed E-state index contributed by atoms with van der Waals surface area (Å²) in [5, 5.41) is 0. The van der Waals surface area contributed by atoms with E-state index in [1.807, 2.05) is 0 Å². The molecule has 1 heterocycles. The van der Waals surface area contributed by atoms with Crippen LogP contribution >= 0.6 is 0 Å². The maximum atomic E-state index is 13.8. The Hall–Kier alpha value is -2.96. The Morgan fingerprint density at radius 3 is 2.23 bits per heavy atom. The molecule has 0 bridgehead atoms. The molecule has 134 valence electrons. The van der Waals surface area contributed by atoms with Crippen molar-refractivity contribution in [2.75, 3.05) is 0 Å². The van der Waals surface area contributed by atoms with Crippen LogP contribution in [0.5, 0.6) is 0 Å². The van der Waals surface area contributed by atoms with Gasteiger partial charge >= 0.3 is 6.18 Å². The number of aromatic nitrogens is 1. The van der Waals surface area contributed by atoms with E-state index in [0.29, 0.717) is 5.56 Å². The lowest BCUT2D eigenvalue weighted by atomic mass is 9.99. The zero-order chi connectivity index (χ0) is 18.9. The first-order chi connectivity index (χ1) is 12.3. The van der Waals surface area contributed by atoms with E-state index in [4.69, 9.17) is 0 Å². The molecule has 0 N–H and O–H groups in total. The first kappa shape index (κ1) is 17.8. The lowest BCUT2D eigenvalue weighted by Gasteiger charge is -2.11. The van der Waals surface area contributed by atoms with Crippen LogP contribution in [-0.2, 0) is 12.6 Å². The average Bonchev–Trinajstić information content (AvgIpc) is 3.02. The molecule has 0 aliphatic carbocycles. The summed E-state index contributed by atoms with van der Waals surface area (Å²) in [4.78, 5) is 12.3. The van der Waals surface area contributed by atoms with Crippen LogP contribution < -0.4 is 0 Å². The van der Waals surface area contributed by atoms with Gasteiger partial charge < -0.3 is 4.57 Å². The Kier molecular flexibility index (Phi) is 4.63. The molecule has 0 fully saturated rings. The van der Waals surface area contributed by atoms with Crippen LogP contribution in [0, 0.1) is 11.6 Å². The molecule has 0 saturated carbocycles. The van der Waals surface area contributed by atoms with Crippen LogP contribution in [0.2, 0.25) is 0 Å². The maximum Gasteiger partial charge on any atom is 0.417 e. The van der Waals surface area contributed by atoms with Gasteiger partial charge in [0.1, 0.15) is 17.3 Å². The second kappa shape index (κ2) is 6.74. The second-order valence-corrected chi connectivity index (χ2v) is 5.64. The molecule has 26 heavy (non-hydrogen) atoms. The van der Waals surface area contributed by atoms with Crippen LogP contribution in [-0.4, -0.2) is 10.4 Å². The van der Waals surface area contributed by atoms with Crippen LogP contribution in [0.1, 0.15) is 21.5 Å². The number of carbonyl (C=O) groups excluding carboxylic acids is 1. The van der Waals surface area contributed by atoms with Gasteiger partial charge in [-0.2, -0.15) is 13.2 Å². The first-order valence-electron chi connectivity index (χ1n) is 7.58. The summed E-state index contributed by atoms with van der Waals surface area (Å²) < 4.78 is 67.8. The van der Waals surface area contributed by atoms with Gasteiger partial charge in [-0.25, -0.2) is 8.78 Å². The SMILES string of the molecule is O=C(Cc1ccn(-c2c(F)cccc2F)c1)c1ccccc1C(F)(F)F. The van der Waals surface area contributed by atoms with Crippen LogP contribution in [0.25, 0.3) is 5.69 Å². The molecule has 0 amide bonds. The molecule has 0 aliphatic heterocycles. The minimum Gasteiger partial charge on any atom is -0.319 e. The lowest BCUT2D eigenvalue weighted by molar-refractivity contribution is -0.137. The third-order valence-electron chi connectivity index (χ3n) is 3.85. The minimum absolute atomic E-state index is 0.318. The Morgan fingerprint density at radius 1 is 0.923 bits per heavy atom. The molecule has 2 aromatic carbocycles. The normalized spacial score (nSPS) is 11.6. The molecule has 0 saturated heterocycles. The van der Waals surface area contributed by atoms with Crippen molar-refractivity contribution < 1.29 is 26.7 Å². The van der Waals surface area contributed by atoms with Crippen molar-refractivity contribution in [3.8, 4) is 5.69 Å². The van der Waals surface area contributed by atoms with Gasteiger partial charge in [0.15, 0.2) is 5.78 Å². The third kappa shape index (κ3) is 3.51. The van der Waals surface area contributed by atoms with Crippen molar-refractivity contribution in [1.82, 2.24) is 4.57 Å². The molecule has 0 atom stereocenters. The third-order valence-corrected chi connectivity index (χ3v) is 3.85. The highest BCUT2D eigenvalue weighted by atomic mass is 19.4. The molecule has 0 radical (unpaired) electrons. The van der Waals surface area contributed by atoms with Gasteiger partial charge in [0, 0.05) is 24.4 Å². The highest BCUT2D eigenvalue weighted by Gasteiger charge is 2.34. The monoisotopic (exact) mass is 365 g/mol. The first-order valence-corrected chi connectivity index (χ1v) is 7.58. The number of hydrogen-bond acceptors (Lipinski definition) is 1. The molecule has 0 spiro atoms.